The Morgan fingerprint density at radius 1 is 1.25 bits per heavy atom. The van der Waals surface area contributed by atoms with Crippen molar-refractivity contribution in [3.05, 3.63) is 46.4 Å². The molecule has 0 aliphatic heterocycles. The Morgan fingerprint density at radius 2 is 2.10 bits per heavy atom. The SMILES string of the molecule is Clc1cnc(Sc2nnnn2CCc2ccccc2)s1. The van der Waals surface area contributed by atoms with Gasteiger partial charge in [-0.05, 0) is 34.2 Å². The molecule has 2 aromatic heterocycles. The van der Waals surface area contributed by atoms with E-state index in [9.17, 15) is 0 Å². The van der Waals surface area contributed by atoms with E-state index >= 15 is 0 Å². The lowest BCUT2D eigenvalue weighted by Gasteiger charge is -2.03. The first kappa shape index (κ1) is 13.5. The molecule has 1 aromatic carbocycles. The number of halogens is 1. The molecule has 0 aliphatic carbocycles. The first-order valence-corrected chi connectivity index (χ1v) is 7.91. The molecule has 0 atom stereocenters. The van der Waals surface area contributed by atoms with Crippen molar-refractivity contribution >= 4 is 34.7 Å². The van der Waals surface area contributed by atoms with Gasteiger partial charge in [-0.1, -0.05) is 53.3 Å². The molecule has 0 unspecified atom stereocenters. The summed E-state index contributed by atoms with van der Waals surface area (Å²) >= 11 is 8.71. The van der Waals surface area contributed by atoms with Crippen LogP contribution in [-0.4, -0.2) is 25.2 Å². The molecular formula is C12H10ClN5S2. The topological polar surface area (TPSA) is 56.5 Å². The Bertz CT molecular complexity index is 682. The molecular weight excluding hydrogens is 314 g/mol. The minimum Gasteiger partial charge on any atom is -0.236 e. The molecule has 102 valence electrons. The van der Waals surface area contributed by atoms with E-state index in [0.717, 1.165) is 22.5 Å². The number of aryl methyl sites for hydroxylation is 2. The maximum Gasteiger partial charge on any atom is 0.216 e. The van der Waals surface area contributed by atoms with E-state index in [1.54, 1.807) is 10.9 Å². The van der Waals surface area contributed by atoms with Gasteiger partial charge in [0.2, 0.25) is 5.16 Å². The fourth-order valence-corrected chi connectivity index (χ4v) is 3.67. The van der Waals surface area contributed by atoms with Crippen molar-refractivity contribution in [2.75, 3.05) is 0 Å². The number of benzene rings is 1. The fourth-order valence-electron chi connectivity index (χ4n) is 1.65. The van der Waals surface area contributed by atoms with Gasteiger partial charge < -0.3 is 0 Å². The maximum atomic E-state index is 5.87. The number of thiazole rings is 1. The summed E-state index contributed by atoms with van der Waals surface area (Å²) in [5.41, 5.74) is 1.26. The van der Waals surface area contributed by atoms with E-state index < -0.39 is 0 Å². The van der Waals surface area contributed by atoms with E-state index in [2.05, 4.69) is 32.6 Å². The molecule has 0 saturated heterocycles. The summed E-state index contributed by atoms with van der Waals surface area (Å²) in [6, 6.07) is 10.3. The van der Waals surface area contributed by atoms with E-state index in [1.165, 1.54) is 28.7 Å². The van der Waals surface area contributed by atoms with Crippen LogP contribution in [0.15, 0.2) is 46.0 Å². The molecule has 0 radical (unpaired) electrons. The quantitative estimate of drug-likeness (QED) is 0.721. The first-order chi connectivity index (χ1) is 9.81. The molecule has 8 heteroatoms. The lowest BCUT2D eigenvalue weighted by molar-refractivity contribution is 0.548. The van der Waals surface area contributed by atoms with Gasteiger partial charge >= 0.3 is 0 Å². The van der Waals surface area contributed by atoms with Crippen molar-refractivity contribution < 1.29 is 0 Å². The van der Waals surface area contributed by atoms with E-state index in [0.29, 0.717) is 4.34 Å². The van der Waals surface area contributed by atoms with E-state index in [1.807, 2.05) is 18.2 Å². The standard InChI is InChI=1S/C12H10ClN5S2/c13-10-8-14-12(19-10)20-11-15-16-17-18(11)7-6-9-4-2-1-3-5-9/h1-5,8H,6-7H2. The monoisotopic (exact) mass is 323 g/mol. The Hall–Kier alpha value is -1.44. The molecule has 3 aromatic rings. The Balaban J connectivity index is 1.67. The molecule has 3 rings (SSSR count). The van der Waals surface area contributed by atoms with Crippen molar-refractivity contribution in [1.82, 2.24) is 25.2 Å². The van der Waals surface area contributed by atoms with Crippen LogP contribution in [0.2, 0.25) is 4.34 Å². The van der Waals surface area contributed by atoms with Gasteiger partial charge in [0.1, 0.15) is 4.34 Å². The van der Waals surface area contributed by atoms with Crippen molar-refractivity contribution in [2.24, 2.45) is 0 Å². The summed E-state index contributed by atoms with van der Waals surface area (Å²) in [4.78, 5) is 4.19. The van der Waals surface area contributed by atoms with Gasteiger partial charge in [-0.3, -0.25) is 0 Å². The highest BCUT2D eigenvalue weighted by Gasteiger charge is 2.10. The van der Waals surface area contributed by atoms with Gasteiger partial charge in [-0.2, -0.15) is 0 Å². The van der Waals surface area contributed by atoms with Gasteiger partial charge in [-0.25, -0.2) is 9.67 Å². The highest BCUT2D eigenvalue weighted by atomic mass is 35.5. The molecule has 5 nitrogen and oxygen atoms in total. The normalized spacial score (nSPS) is 10.8. The van der Waals surface area contributed by atoms with Crippen LogP contribution >= 0.6 is 34.7 Å². The number of aromatic nitrogens is 5. The van der Waals surface area contributed by atoms with Crippen molar-refractivity contribution in [3.8, 4) is 0 Å². The summed E-state index contributed by atoms with van der Waals surface area (Å²) in [5.74, 6) is 0. The van der Waals surface area contributed by atoms with E-state index in [4.69, 9.17) is 11.6 Å². The predicted molar refractivity (Wildman–Crippen MR) is 79.2 cm³/mol. The van der Waals surface area contributed by atoms with Crippen molar-refractivity contribution in [1.29, 1.82) is 0 Å². The molecule has 0 saturated carbocycles. The number of tetrazole rings is 1. The molecule has 0 amide bonds. The zero-order valence-electron chi connectivity index (χ0n) is 10.3. The first-order valence-electron chi connectivity index (χ1n) is 5.90. The Labute approximate surface area is 129 Å². The minimum atomic E-state index is 0.663. The third kappa shape index (κ3) is 3.36. The molecule has 0 fully saturated rings. The Kier molecular flexibility index (Phi) is 4.29. The summed E-state index contributed by atoms with van der Waals surface area (Å²) in [7, 11) is 0. The lowest BCUT2D eigenvalue weighted by atomic mass is 10.2. The predicted octanol–water partition coefficient (Wildman–Crippen LogP) is 3.18. The van der Waals surface area contributed by atoms with Crippen molar-refractivity contribution in [2.45, 2.75) is 22.5 Å². The summed E-state index contributed by atoms with van der Waals surface area (Å²) in [6.45, 7) is 0.735. The van der Waals surface area contributed by atoms with E-state index in [-0.39, 0.29) is 0 Å². The van der Waals surface area contributed by atoms with Crippen LogP contribution in [0.5, 0.6) is 0 Å². The third-order valence-electron chi connectivity index (χ3n) is 2.59. The van der Waals surface area contributed by atoms with Crippen LogP contribution in [0.1, 0.15) is 5.56 Å². The van der Waals surface area contributed by atoms with Crippen LogP contribution in [0.25, 0.3) is 0 Å². The maximum absolute atomic E-state index is 5.87. The van der Waals surface area contributed by atoms with Gasteiger partial charge in [0.15, 0.2) is 4.34 Å². The van der Waals surface area contributed by atoms with Gasteiger partial charge in [0, 0.05) is 6.54 Å². The highest BCUT2D eigenvalue weighted by molar-refractivity contribution is 8.00. The average Bonchev–Trinajstić information content (AvgIpc) is 3.07. The fraction of sp³-hybridized carbons (Fsp3) is 0.167. The number of hydrogen-bond acceptors (Lipinski definition) is 6. The zero-order valence-corrected chi connectivity index (χ0v) is 12.7. The lowest BCUT2D eigenvalue weighted by Crippen LogP contribution is -2.05. The average molecular weight is 324 g/mol. The van der Waals surface area contributed by atoms with Crippen LogP contribution in [-0.2, 0) is 13.0 Å². The number of rotatable bonds is 5. The van der Waals surface area contributed by atoms with Crippen LogP contribution in [0.4, 0.5) is 0 Å². The molecule has 2 heterocycles. The van der Waals surface area contributed by atoms with Gasteiger partial charge in [-0.15, -0.1) is 5.10 Å². The minimum absolute atomic E-state index is 0.663. The van der Waals surface area contributed by atoms with Crippen LogP contribution in [0, 0.1) is 0 Å². The third-order valence-corrected chi connectivity index (χ3v) is 4.75. The Morgan fingerprint density at radius 3 is 2.85 bits per heavy atom. The second-order valence-corrected chi connectivity index (χ2v) is 6.83. The summed E-state index contributed by atoms with van der Waals surface area (Å²) in [5, 5.41) is 12.5. The van der Waals surface area contributed by atoms with Crippen molar-refractivity contribution in [3.63, 3.8) is 0 Å². The van der Waals surface area contributed by atoms with Crippen LogP contribution < -0.4 is 0 Å². The highest BCUT2D eigenvalue weighted by Crippen LogP contribution is 2.31. The summed E-state index contributed by atoms with van der Waals surface area (Å²) < 4.78 is 3.29. The largest absolute Gasteiger partial charge is 0.236 e. The molecule has 0 aliphatic rings. The smallest absolute Gasteiger partial charge is 0.216 e. The van der Waals surface area contributed by atoms with Gasteiger partial charge in [0.25, 0.3) is 0 Å². The number of hydrogen-bond donors (Lipinski definition) is 0. The molecule has 0 N–H and O–H groups in total. The van der Waals surface area contributed by atoms with Crippen LogP contribution in [0.3, 0.4) is 0 Å². The second-order valence-electron chi connectivity index (χ2n) is 3.95. The zero-order chi connectivity index (χ0) is 13.8. The molecule has 20 heavy (non-hydrogen) atoms. The summed E-state index contributed by atoms with van der Waals surface area (Å²) in [6.07, 6.45) is 2.52. The molecule has 0 bridgehead atoms. The molecule has 0 spiro atoms. The number of nitrogens with zero attached hydrogens (tertiary/aromatic N) is 5. The van der Waals surface area contributed by atoms with Gasteiger partial charge in [0.05, 0.1) is 6.20 Å². The second kappa shape index (κ2) is 6.34.